The molecule has 4 aromatic rings. The highest BCUT2D eigenvalue weighted by Gasteiger charge is 2.21. The van der Waals surface area contributed by atoms with Crippen molar-refractivity contribution in [1.82, 2.24) is 20.1 Å². The van der Waals surface area contributed by atoms with Gasteiger partial charge in [0.15, 0.2) is 11.5 Å². The van der Waals surface area contributed by atoms with Crippen LogP contribution in [0.1, 0.15) is 47.3 Å². The Morgan fingerprint density at radius 3 is 2.69 bits per heavy atom. The van der Waals surface area contributed by atoms with E-state index in [0.717, 1.165) is 39.0 Å². The zero-order valence-electron chi connectivity index (χ0n) is 21.1. The highest BCUT2D eigenvalue weighted by molar-refractivity contribution is 5.84. The van der Waals surface area contributed by atoms with Crippen molar-refractivity contribution in [2.24, 2.45) is 7.05 Å². The van der Waals surface area contributed by atoms with Gasteiger partial charge in [0, 0.05) is 48.7 Å². The summed E-state index contributed by atoms with van der Waals surface area (Å²) in [6, 6.07) is 14.2. The molecule has 1 atom stereocenters. The van der Waals surface area contributed by atoms with Crippen LogP contribution in [0.2, 0.25) is 0 Å². The molecule has 35 heavy (non-hydrogen) atoms. The highest BCUT2D eigenvalue weighted by atomic mass is 16.5. The number of methoxy groups -OCH3 is 1. The smallest absolute Gasteiger partial charge is 0.220 e. The third-order valence-electron chi connectivity index (χ3n) is 6.65. The van der Waals surface area contributed by atoms with E-state index in [0.29, 0.717) is 37.5 Å². The lowest BCUT2D eigenvalue weighted by Gasteiger charge is -2.20. The van der Waals surface area contributed by atoms with Crippen LogP contribution >= 0.6 is 0 Å². The first kappa shape index (κ1) is 24.4. The predicted octanol–water partition coefficient (Wildman–Crippen LogP) is 4.81. The number of fused-ring (bicyclic) bond motifs is 1. The topological polar surface area (TPSA) is 81.2 Å². The average Bonchev–Trinajstić information content (AvgIpc) is 3.39. The van der Waals surface area contributed by atoms with E-state index in [9.17, 15) is 4.79 Å². The molecule has 1 amide bonds. The number of hydrogen-bond acceptors (Lipinski definition) is 4. The van der Waals surface area contributed by atoms with E-state index in [1.54, 1.807) is 7.11 Å². The Kier molecular flexibility index (Phi) is 7.44. The molecule has 0 bridgehead atoms. The third-order valence-corrected chi connectivity index (χ3v) is 6.65. The molecule has 0 aliphatic carbocycles. The summed E-state index contributed by atoms with van der Waals surface area (Å²) < 4.78 is 13.2. The molecular formula is C28H34N4O3. The Balaban J connectivity index is 1.57. The maximum Gasteiger partial charge on any atom is 0.220 e. The summed E-state index contributed by atoms with van der Waals surface area (Å²) in [5, 5.41) is 8.78. The largest absolute Gasteiger partial charge is 0.493 e. The quantitative estimate of drug-likeness (QED) is 0.346. The van der Waals surface area contributed by atoms with Crippen molar-refractivity contribution >= 4 is 16.8 Å². The minimum atomic E-state index is -0.0541. The number of benzene rings is 2. The fourth-order valence-electron chi connectivity index (χ4n) is 4.69. The number of nitrogens with zero attached hydrogens (tertiary/aromatic N) is 2. The number of nitrogens with one attached hydrogen (secondary N) is 2. The molecule has 2 aromatic carbocycles. The second-order valence-electron chi connectivity index (χ2n) is 8.76. The Morgan fingerprint density at radius 2 is 1.97 bits per heavy atom. The van der Waals surface area contributed by atoms with E-state index in [2.05, 4.69) is 33.6 Å². The summed E-state index contributed by atoms with van der Waals surface area (Å²) in [4.78, 5) is 16.3. The Morgan fingerprint density at radius 1 is 1.17 bits per heavy atom. The highest BCUT2D eigenvalue weighted by Crippen LogP contribution is 2.36. The lowest BCUT2D eigenvalue weighted by atomic mass is 9.90. The van der Waals surface area contributed by atoms with Gasteiger partial charge < -0.3 is 19.8 Å². The second-order valence-corrected chi connectivity index (χ2v) is 8.76. The van der Waals surface area contributed by atoms with Gasteiger partial charge in [-0.25, -0.2) is 0 Å². The van der Waals surface area contributed by atoms with Gasteiger partial charge in [-0.05, 0) is 62.1 Å². The van der Waals surface area contributed by atoms with Crippen LogP contribution < -0.4 is 14.8 Å². The van der Waals surface area contributed by atoms with Crippen LogP contribution in [-0.2, 0) is 18.3 Å². The van der Waals surface area contributed by atoms with Gasteiger partial charge in [-0.2, -0.15) is 5.10 Å². The molecule has 4 rings (SSSR count). The average molecular weight is 475 g/mol. The number of aromatic nitrogens is 3. The predicted molar refractivity (Wildman–Crippen MR) is 138 cm³/mol. The normalized spacial score (nSPS) is 12.0. The molecule has 0 saturated heterocycles. The van der Waals surface area contributed by atoms with E-state index in [-0.39, 0.29) is 11.8 Å². The second kappa shape index (κ2) is 10.7. The lowest BCUT2D eigenvalue weighted by Crippen LogP contribution is -2.29. The van der Waals surface area contributed by atoms with Crippen molar-refractivity contribution in [2.45, 2.75) is 39.5 Å². The summed E-state index contributed by atoms with van der Waals surface area (Å²) in [6.45, 7) is 7.02. The van der Waals surface area contributed by atoms with Crippen LogP contribution in [0.4, 0.5) is 0 Å². The summed E-state index contributed by atoms with van der Waals surface area (Å²) >= 11 is 0. The van der Waals surface area contributed by atoms with Crippen LogP contribution in [-0.4, -0.2) is 40.9 Å². The minimum Gasteiger partial charge on any atom is -0.493 e. The first-order valence-electron chi connectivity index (χ1n) is 12.0. The zero-order valence-corrected chi connectivity index (χ0v) is 21.1. The molecule has 0 saturated carbocycles. The molecule has 0 spiro atoms. The van der Waals surface area contributed by atoms with E-state index < -0.39 is 0 Å². The first-order chi connectivity index (χ1) is 16.9. The van der Waals surface area contributed by atoms with Crippen LogP contribution in [0, 0.1) is 13.8 Å². The molecule has 7 nitrogen and oxygen atoms in total. The van der Waals surface area contributed by atoms with Gasteiger partial charge in [0.2, 0.25) is 5.91 Å². The Bertz CT molecular complexity index is 1320. The van der Waals surface area contributed by atoms with Gasteiger partial charge >= 0.3 is 0 Å². The van der Waals surface area contributed by atoms with Crippen molar-refractivity contribution in [3.63, 3.8) is 0 Å². The van der Waals surface area contributed by atoms with Gasteiger partial charge in [-0.1, -0.05) is 24.3 Å². The number of H-pyrrole nitrogens is 1. The Hall–Kier alpha value is -3.74. The maximum atomic E-state index is 12.9. The molecule has 0 fully saturated rings. The van der Waals surface area contributed by atoms with E-state index in [1.165, 1.54) is 0 Å². The molecule has 2 heterocycles. The molecular weight excluding hydrogens is 440 g/mol. The molecule has 2 N–H and O–H groups in total. The van der Waals surface area contributed by atoms with E-state index in [1.807, 2.05) is 63.0 Å². The zero-order chi connectivity index (χ0) is 24.9. The molecule has 184 valence electrons. The minimum absolute atomic E-state index is 0.0235. The van der Waals surface area contributed by atoms with Gasteiger partial charge in [0.1, 0.15) is 0 Å². The van der Waals surface area contributed by atoms with Crippen LogP contribution in [0.15, 0.2) is 48.7 Å². The van der Waals surface area contributed by atoms with E-state index in [4.69, 9.17) is 9.47 Å². The molecule has 0 aliphatic rings. The molecule has 0 aliphatic heterocycles. The molecule has 1 unspecified atom stereocenters. The Labute approximate surface area is 206 Å². The van der Waals surface area contributed by atoms with Gasteiger partial charge in [-0.15, -0.1) is 0 Å². The van der Waals surface area contributed by atoms with Gasteiger partial charge in [-0.3, -0.25) is 9.48 Å². The number of amides is 1. The number of ether oxygens (including phenoxy) is 2. The summed E-state index contributed by atoms with van der Waals surface area (Å²) in [5.74, 6) is 1.36. The van der Waals surface area contributed by atoms with Crippen molar-refractivity contribution < 1.29 is 14.3 Å². The number of aromatic amines is 1. The fraction of sp³-hybridized carbons (Fsp3) is 0.357. The third kappa shape index (κ3) is 5.19. The SMILES string of the molecule is CCOc1ccc(C(CNC(=O)CCc2c(C)nn(C)c2C)c2c[nH]c3ccccc23)cc1OC. The number of rotatable bonds is 10. The molecule has 7 heteroatoms. The van der Waals surface area contributed by atoms with Crippen molar-refractivity contribution in [3.05, 3.63) is 76.7 Å². The van der Waals surface area contributed by atoms with Crippen molar-refractivity contribution in [2.75, 3.05) is 20.3 Å². The lowest BCUT2D eigenvalue weighted by molar-refractivity contribution is -0.121. The molecule has 2 aromatic heterocycles. The van der Waals surface area contributed by atoms with Gasteiger partial charge in [0.05, 0.1) is 19.4 Å². The number of hydrogen-bond donors (Lipinski definition) is 2. The summed E-state index contributed by atoms with van der Waals surface area (Å²) in [5.41, 5.74) is 6.48. The summed E-state index contributed by atoms with van der Waals surface area (Å²) in [6.07, 6.45) is 3.12. The van der Waals surface area contributed by atoms with Crippen molar-refractivity contribution in [1.29, 1.82) is 0 Å². The standard InChI is InChI=1S/C28H34N4O3/c1-6-35-26-13-11-20(15-27(26)34-5)23(24-17-29-25-10-8-7-9-22(24)25)16-30-28(33)14-12-21-18(2)31-32(4)19(21)3/h7-11,13,15,17,23,29H,6,12,14,16H2,1-5H3,(H,30,33). The van der Waals surface area contributed by atoms with Crippen molar-refractivity contribution in [3.8, 4) is 11.5 Å². The number of aryl methyl sites for hydroxylation is 2. The van der Waals surface area contributed by atoms with Crippen LogP contribution in [0.3, 0.4) is 0 Å². The maximum absolute atomic E-state index is 12.9. The molecule has 0 radical (unpaired) electrons. The van der Waals surface area contributed by atoms with Crippen LogP contribution in [0.5, 0.6) is 11.5 Å². The van der Waals surface area contributed by atoms with Crippen LogP contribution in [0.25, 0.3) is 10.9 Å². The first-order valence-corrected chi connectivity index (χ1v) is 12.0. The number of para-hydroxylation sites is 1. The van der Waals surface area contributed by atoms with E-state index >= 15 is 0 Å². The monoisotopic (exact) mass is 474 g/mol. The fourth-order valence-corrected chi connectivity index (χ4v) is 4.69. The summed E-state index contributed by atoms with van der Waals surface area (Å²) in [7, 11) is 3.58. The number of carbonyl (C=O) groups is 1. The van der Waals surface area contributed by atoms with Gasteiger partial charge in [0.25, 0.3) is 0 Å². The number of carbonyl (C=O) groups excluding carboxylic acids is 1.